The van der Waals surface area contributed by atoms with Gasteiger partial charge in [-0.3, -0.25) is 19.2 Å². The standard InChI is InChI=1S/C42H26O5S2/c43-36-28-14-22-8-2-3-9-23(22)15-29(28)37(44)32(36)18-26-20-34-40(48-26)41-35(47-42(34)12-6-1-7-13-42)21-27(49-41)19-33-38(45)30-16-24-10-4-5-11-25(24)17-31(30)39(33)46/h2-5,8-11,14-21H,1,6-7,12-13H2. The summed E-state index contributed by atoms with van der Waals surface area (Å²) in [4.78, 5) is 57.9. The summed E-state index contributed by atoms with van der Waals surface area (Å²) in [6.45, 7) is 0. The van der Waals surface area contributed by atoms with Gasteiger partial charge in [0.15, 0.2) is 23.1 Å². The lowest BCUT2D eigenvalue weighted by Gasteiger charge is -2.40. The van der Waals surface area contributed by atoms with Gasteiger partial charge in [-0.25, -0.2) is 0 Å². The van der Waals surface area contributed by atoms with Gasteiger partial charge in [-0.1, -0.05) is 55.0 Å². The normalized spacial score (nSPS) is 17.4. The lowest BCUT2D eigenvalue weighted by Crippen LogP contribution is -2.37. The lowest BCUT2D eigenvalue weighted by molar-refractivity contribution is 0.0250. The number of benzene rings is 4. The maximum absolute atomic E-state index is 13.6. The van der Waals surface area contributed by atoms with Gasteiger partial charge in [0.25, 0.3) is 0 Å². The Kier molecular flexibility index (Phi) is 6.09. The first-order valence-electron chi connectivity index (χ1n) is 16.5. The zero-order chi connectivity index (χ0) is 33.0. The number of carbonyl (C=O) groups excluding carboxylic acids is 4. The first-order valence-corrected chi connectivity index (χ1v) is 18.2. The minimum atomic E-state index is -0.501. The van der Waals surface area contributed by atoms with Crippen LogP contribution in [0.15, 0.2) is 96.1 Å². The molecule has 4 aliphatic rings. The van der Waals surface area contributed by atoms with E-state index in [1.807, 2.05) is 78.9 Å². The van der Waals surface area contributed by atoms with Gasteiger partial charge in [-0.05, 0) is 95.8 Å². The van der Waals surface area contributed by atoms with E-state index in [0.29, 0.717) is 22.3 Å². The Hall–Kier alpha value is -5.24. The molecule has 1 aliphatic heterocycles. The number of ether oxygens (including phenoxy) is 1. The summed E-state index contributed by atoms with van der Waals surface area (Å²) in [6, 6.07) is 26.8. The van der Waals surface area contributed by atoms with Crippen LogP contribution in [0.1, 0.15) is 88.9 Å². The Labute approximate surface area is 289 Å². The smallest absolute Gasteiger partial charge is 0.197 e. The SMILES string of the molecule is O=C1C(=Cc2cc3c(s2)-c2sc(C=C4C(=O)c5cc6ccccc6cc5C4=O)cc2C2(CCCCC2)O3)C(=O)c2cc3ccccc3cc21. The van der Waals surface area contributed by atoms with Crippen LogP contribution in [-0.2, 0) is 5.60 Å². The molecular weight excluding hydrogens is 649 g/mol. The predicted octanol–water partition coefficient (Wildman–Crippen LogP) is 10.3. The molecule has 3 heterocycles. The topological polar surface area (TPSA) is 77.5 Å². The number of fused-ring (bicyclic) bond motifs is 8. The quantitative estimate of drug-likeness (QED) is 0.135. The Morgan fingerprint density at radius 2 is 0.959 bits per heavy atom. The molecule has 2 aromatic heterocycles. The molecule has 1 spiro atoms. The van der Waals surface area contributed by atoms with Crippen molar-refractivity contribution in [3.8, 4) is 15.5 Å². The van der Waals surface area contributed by atoms with Gasteiger partial charge in [0.1, 0.15) is 11.4 Å². The molecule has 0 atom stereocenters. The largest absolute Gasteiger partial charge is 0.481 e. The van der Waals surface area contributed by atoms with Crippen molar-refractivity contribution in [1.29, 1.82) is 0 Å². The number of Topliss-reactive ketones (excluding diaryl/α,β-unsaturated/α-hetero) is 4. The molecule has 0 amide bonds. The van der Waals surface area contributed by atoms with Crippen molar-refractivity contribution in [2.24, 2.45) is 0 Å². The third-order valence-corrected chi connectivity index (χ3v) is 12.7. The van der Waals surface area contributed by atoms with Crippen molar-refractivity contribution < 1.29 is 23.9 Å². The molecule has 0 N–H and O–H groups in total. The second-order valence-electron chi connectivity index (χ2n) is 13.3. The van der Waals surface area contributed by atoms with Crippen molar-refractivity contribution in [2.75, 3.05) is 0 Å². The van der Waals surface area contributed by atoms with Gasteiger partial charge in [0, 0.05) is 37.6 Å². The van der Waals surface area contributed by atoms with E-state index in [2.05, 4.69) is 6.07 Å². The van der Waals surface area contributed by atoms with Crippen molar-refractivity contribution in [2.45, 2.75) is 37.7 Å². The van der Waals surface area contributed by atoms with Gasteiger partial charge in [0.05, 0.1) is 20.9 Å². The van der Waals surface area contributed by atoms with Crippen molar-refractivity contribution in [1.82, 2.24) is 0 Å². The number of thiophene rings is 2. The van der Waals surface area contributed by atoms with Gasteiger partial charge in [0.2, 0.25) is 0 Å². The molecule has 5 nitrogen and oxygen atoms in total. The van der Waals surface area contributed by atoms with E-state index in [1.54, 1.807) is 23.5 Å². The second kappa shape index (κ2) is 10.4. The summed E-state index contributed by atoms with van der Waals surface area (Å²) in [5, 5.41) is 3.72. The molecule has 0 bridgehead atoms. The van der Waals surface area contributed by atoms with E-state index < -0.39 is 5.60 Å². The lowest BCUT2D eigenvalue weighted by atomic mass is 9.78. The molecule has 1 saturated carbocycles. The highest BCUT2D eigenvalue weighted by molar-refractivity contribution is 7.23. The predicted molar refractivity (Wildman–Crippen MR) is 194 cm³/mol. The zero-order valence-corrected chi connectivity index (χ0v) is 27.8. The van der Waals surface area contributed by atoms with E-state index >= 15 is 0 Å². The molecule has 7 heteroatoms. The molecule has 49 heavy (non-hydrogen) atoms. The molecule has 1 fully saturated rings. The van der Waals surface area contributed by atoms with Gasteiger partial charge in [-0.2, -0.15) is 0 Å². The second-order valence-corrected chi connectivity index (χ2v) is 15.5. The third kappa shape index (κ3) is 4.22. The van der Waals surface area contributed by atoms with Crippen LogP contribution < -0.4 is 4.74 Å². The Bertz CT molecular complexity index is 2470. The fourth-order valence-electron chi connectivity index (χ4n) is 8.01. The maximum atomic E-state index is 13.6. The fourth-order valence-corrected chi connectivity index (χ4v) is 10.4. The van der Waals surface area contributed by atoms with E-state index in [9.17, 15) is 19.2 Å². The number of hydrogen-bond acceptors (Lipinski definition) is 7. The van der Waals surface area contributed by atoms with Crippen LogP contribution in [0.3, 0.4) is 0 Å². The van der Waals surface area contributed by atoms with E-state index in [0.717, 1.165) is 84.5 Å². The van der Waals surface area contributed by atoms with Gasteiger partial charge < -0.3 is 4.74 Å². The number of hydrogen-bond donors (Lipinski definition) is 0. The molecular formula is C42H26O5S2. The van der Waals surface area contributed by atoms with E-state index in [-0.39, 0.29) is 34.3 Å². The van der Waals surface area contributed by atoms with Crippen LogP contribution in [0.5, 0.6) is 5.75 Å². The van der Waals surface area contributed by atoms with E-state index in [1.165, 1.54) is 11.3 Å². The molecule has 236 valence electrons. The molecule has 10 rings (SSSR count). The monoisotopic (exact) mass is 674 g/mol. The molecule has 4 aromatic carbocycles. The van der Waals surface area contributed by atoms with Crippen molar-refractivity contribution >= 4 is 79.5 Å². The highest BCUT2D eigenvalue weighted by Gasteiger charge is 2.44. The summed E-state index contributed by atoms with van der Waals surface area (Å²) < 4.78 is 6.88. The third-order valence-electron chi connectivity index (χ3n) is 10.4. The van der Waals surface area contributed by atoms with E-state index in [4.69, 9.17) is 4.74 Å². The van der Waals surface area contributed by atoms with Crippen molar-refractivity contribution in [3.05, 3.63) is 134 Å². The number of carbonyl (C=O) groups is 4. The minimum Gasteiger partial charge on any atom is -0.481 e. The highest BCUT2D eigenvalue weighted by Crippen LogP contribution is 2.57. The summed E-state index contributed by atoms with van der Waals surface area (Å²) in [5.74, 6) is -0.252. The summed E-state index contributed by atoms with van der Waals surface area (Å²) in [7, 11) is 0. The molecule has 0 radical (unpaired) electrons. The Morgan fingerprint density at radius 3 is 1.43 bits per heavy atom. The summed E-state index contributed by atoms with van der Waals surface area (Å²) >= 11 is 3.06. The molecule has 0 saturated heterocycles. The Morgan fingerprint density at radius 1 is 0.531 bits per heavy atom. The van der Waals surface area contributed by atoms with Crippen LogP contribution >= 0.6 is 22.7 Å². The minimum absolute atomic E-state index is 0.165. The average Bonchev–Trinajstić information content (AvgIpc) is 3.85. The van der Waals surface area contributed by atoms with Crippen LogP contribution in [0.4, 0.5) is 0 Å². The van der Waals surface area contributed by atoms with Crippen LogP contribution in [-0.4, -0.2) is 23.1 Å². The van der Waals surface area contributed by atoms with Gasteiger partial charge >= 0.3 is 0 Å². The first-order chi connectivity index (χ1) is 23.9. The number of ketones is 4. The van der Waals surface area contributed by atoms with Crippen LogP contribution in [0.2, 0.25) is 0 Å². The van der Waals surface area contributed by atoms with Crippen LogP contribution in [0, 0.1) is 0 Å². The molecule has 6 aromatic rings. The summed E-state index contributed by atoms with van der Waals surface area (Å²) in [6.07, 6.45) is 8.42. The average molecular weight is 675 g/mol. The summed E-state index contributed by atoms with van der Waals surface area (Å²) in [5.41, 5.74) is 2.73. The molecule has 3 aliphatic carbocycles. The Balaban J connectivity index is 1.05. The number of allylic oxidation sites excluding steroid dienone is 2. The zero-order valence-electron chi connectivity index (χ0n) is 26.1. The fraction of sp³-hybridized carbons (Fsp3) is 0.143. The number of rotatable bonds is 2. The highest BCUT2D eigenvalue weighted by atomic mass is 32.1. The first kappa shape index (κ1) is 28.7. The van der Waals surface area contributed by atoms with Gasteiger partial charge in [-0.15, -0.1) is 22.7 Å². The maximum Gasteiger partial charge on any atom is 0.197 e. The molecule has 0 unspecified atom stereocenters. The van der Waals surface area contributed by atoms with Crippen LogP contribution in [0.25, 0.3) is 43.5 Å². The van der Waals surface area contributed by atoms with Crippen molar-refractivity contribution in [3.63, 3.8) is 0 Å².